The van der Waals surface area contributed by atoms with E-state index < -0.39 is 0 Å². The van der Waals surface area contributed by atoms with Crippen LogP contribution < -0.4 is 15.0 Å². The zero-order valence-electron chi connectivity index (χ0n) is 13.6. The normalized spacial score (nSPS) is 14.0. The van der Waals surface area contributed by atoms with Gasteiger partial charge in [0, 0.05) is 6.54 Å². The molecule has 0 saturated carbocycles. The maximum atomic E-state index is 12.3. The second-order valence-electron chi connectivity index (χ2n) is 5.71. The van der Waals surface area contributed by atoms with Crippen LogP contribution in [-0.2, 0) is 4.79 Å². The van der Waals surface area contributed by atoms with Gasteiger partial charge < -0.3 is 15.0 Å². The Morgan fingerprint density at radius 1 is 1.08 bits per heavy atom. The minimum atomic E-state index is -0.211. The van der Waals surface area contributed by atoms with Crippen molar-refractivity contribution in [2.24, 2.45) is 0 Å². The van der Waals surface area contributed by atoms with Gasteiger partial charge in [-0.2, -0.15) is 0 Å². The molecular weight excluding hydrogens is 304 g/mol. The Morgan fingerprint density at radius 2 is 1.83 bits per heavy atom. The van der Waals surface area contributed by atoms with Crippen LogP contribution in [0.25, 0.3) is 0 Å². The van der Waals surface area contributed by atoms with Crippen molar-refractivity contribution in [1.82, 2.24) is 5.32 Å². The van der Waals surface area contributed by atoms with Crippen molar-refractivity contribution in [2.45, 2.75) is 13.3 Å². The number of carbonyl (C=O) groups excluding carboxylic acids is 2. The van der Waals surface area contributed by atoms with Crippen molar-refractivity contribution in [3.8, 4) is 5.75 Å². The van der Waals surface area contributed by atoms with E-state index in [9.17, 15) is 9.59 Å². The highest BCUT2D eigenvalue weighted by molar-refractivity contribution is 6.09. The fraction of sp³-hybridized carbons (Fsp3) is 0.263. The number of fused-ring (bicyclic) bond motifs is 1. The SMILES string of the molecule is Cc1ccccc1OCCCN1C(=O)CNC(=O)c2ccccc21. The smallest absolute Gasteiger partial charge is 0.253 e. The molecule has 2 aromatic rings. The summed E-state index contributed by atoms with van der Waals surface area (Å²) in [4.78, 5) is 26.0. The van der Waals surface area contributed by atoms with Crippen molar-refractivity contribution < 1.29 is 14.3 Å². The molecule has 0 unspecified atom stereocenters. The zero-order chi connectivity index (χ0) is 16.9. The molecule has 0 atom stereocenters. The van der Waals surface area contributed by atoms with Crippen molar-refractivity contribution in [2.75, 3.05) is 24.6 Å². The maximum absolute atomic E-state index is 12.3. The number of rotatable bonds is 5. The van der Waals surface area contributed by atoms with Crippen LogP contribution in [0.1, 0.15) is 22.3 Å². The molecule has 124 valence electrons. The van der Waals surface area contributed by atoms with Gasteiger partial charge in [0.2, 0.25) is 5.91 Å². The van der Waals surface area contributed by atoms with E-state index in [1.54, 1.807) is 23.1 Å². The van der Waals surface area contributed by atoms with E-state index in [0.29, 0.717) is 30.8 Å². The summed E-state index contributed by atoms with van der Waals surface area (Å²) in [5.41, 5.74) is 2.28. The first-order valence-electron chi connectivity index (χ1n) is 8.03. The van der Waals surface area contributed by atoms with Gasteiger partial charge in [-0.1, -0.05) is 30.3 Å². The Labute approximate surface area is 141 Å². The monoisotopic (exact) mass is 324 g/mol. The highest BCUT2D eigenvalue weighted by Gasteiger charge is 2.25. The number of nitrogens with one attached hydrogen (secondary N) is 1. The zero-order valence-corrected chi connectivity index (χ0v) is 13.6. The van der Waals surface area contributed by atoms with E-state index in [-0.39, 0.29) is 18.4 Å². The molecule has 1 aliphatic heterocycles. The molecule has 0 saturated heterocycles. The Balaban J connectivity index is 1.65. The minimum absolute atomic E-state index is 0.0200. The van der Waals surface area contributed by atoms with Crippen molar-refractivity contribution in [1.29, 1.82) is 0 Å². The largest absolute Gasteiger partial charge is 0.493 e. The van der Waals surface area contributed by atoms with Crippen LogP contribution in [0.5, 0.6) is 5.75 Å². The standard InChI is InChI=1S/C19H20N2O3/c1-14-7-2-5-10-17(14)24-12-6-11-21-16-9-4-3-8-15(16)19(23)20-13-18(21)22/h2-5,7-10H,6,11-13H2,1H3,(H,20,23). The fourth-order valence-corrected chi connectivity index (χ4v) is 2.75. The number of amides is 2. The second kappa shape index (κ2) is 7.17. The van der Waals surface area contributed by atoms with Crippen LogP contribution in [0, 0.1) is 6.92 Å². The molecule has 0 spiro atoms. The number of benzene rings is 2. The van der Waals surface area contributed by atoms with Crippen molar-refractivity contribution >= 4 is 17.5 Å². The number of ether oxygens (including phenoxy) is 1. The first kappa shape index (κ1) is 16.1. The van der Waals surface area contributed by atoms with Gasteiger partial charge in [0.05, 0.1) is 24.4 Å². The summed E-state index contributed by atoms with van der Waals surface area (Å²) in [6, 6.07) is 15.0. The van der Waals surface area contributed by atoms with Crippen LogP contribution in [-0.4, -0.2) is 31.5 Å². The summed E-state index contributed by atoms with van der Waals surface area (Å²) >= 11 is 0. The molecule has 24 heavy (non-hydrogen) atoms. The van der Waals surface area contributed by atoms with Crippen LogP contribution in [0.3, 0.4) is 0 Å². The highest BCUT2D eigenvalue weighted by atomic mass is 16.5. The van der Waals surface area contributed by atoms with Crippen molar-refractivity contribution in [3.63, 3.8) is 0 Å². The van der Waals surface area contributed by atoms with Gasteiger partial charge in [-0.25, -0.2) is 0 Å². The summed E-state index contributed by atoms with van der Waals surface area (Å²) in [6.45, 7) is 3.04. The Hall–Kier alpha value is -2.82. The van der Waals surface area contributed by atoms with Gasteiger partial charge in [0.15, 0.2) is 0 Å². The summed E-state index contributed by atoms with van der Waals surface area (Å²) in [5.74, 6) is 0.540. The van der Waals surface area contributed by atoms with Crippen molar-refractivity contribution in [3.05, 3.63) is 59.7 Å². The van der Waals surface area contributed by atoms with Gasteiger partial charge in [-0.15, -0.1) is 0 Å². The van der Waals surface area contributed by atoms with Crippen LogP contribution in [0.15, 0.2) is 48.5 Å². The van der Waals surface area contributed by atoms with Gasteiger partial charge in [-0.3, -0.25) is 9.59 Å². The number of para-hydroxylation sites is 2. The van der Waals surface area contributed by atoms with Gasteiger partial charge in [-0.05, 0) is 37.1 Å². The second-order valence-corrected chi connectivity index (χ2v) is 5.71. The quantitative estimate of drug-likeness (QED) is 0.860. The lowest BCUT2D eigenvalue weighted by atomic mass is 10.1. The molecule has 1 heterocycles. The number of nitrogens with zero attached hydrogens (tertiary/aromatic N) is 1. The average molecular weight is 324 g/mol. The molecule has 1 aliphatic rings. The third-order valence-electron chi connectivity index (χ3n) is 4.02. The van der Waals surface area contributed by atoms with Crippen LogP contribution in [0.4, 0.5) is 5.69 Å². The van der Waals surface area contributed by atoms with E-state index in [2.05, 4.69) is 5.32 Å². The molecule has 2 amide bonds. The molecule has 3 rings (SSSR count). The van der Waals surface area contributed by atoms with Gasteiger partial charge >= 0.3 is 0 Å². The van der Waals surface area contributed by atoms with E-state index in [4.69, 9.17) is 4.74 Å². The number of hydrogen-bond donors (Lipinski definition) is 1. The molecule has 0 aliphatic carbocycles. The maximum Gasteiger partial charge on any atom is 0.253 e. The first-order valence-corrected chi connectivity index (χ1v) is 8.03. The lowest BCUT2D eigenvalue weighted by molar-refractivity contribution is -0.117. The van der Waals surface area contributed by atoms with E-state index >= 15 is 0 Å². The predicted octanol–water partition coefficient (Wildman–Crippen LogP) is 2.54. The van der Waals surface area contributed by atoms with Gasteiger partial charge in [0.1, 0.15) is 5.75 Å². The third-order valence-corrected chi connectivity index (χ3v) is 4.02. The summed E-state index contributed by atoms with van der Waals surface area (Å²) in [6.07, 6.45) is 0.683. The number of carbonyl (C=O) groups is 2. The Bertz CT molecular complexity index is 758. The summed E-state index contributed by atoms with van der Waals surface area (Å²) in [7, 11) is 0. The minimum Gasteiger partial charge on any atom is -0.493 e. The molecule has 5 nitrogen and oxygen atoms in total. The van der Waals surface area contributed by atoms with E-state index in [1.165, 1.54) is 0 Å². The topological polar surface area (TPSA) is 58.6 Å². The molecule has 2 aromatic carbocycles. The number of anilines is 1. The van der Waals surface area contributed by atoms with E-state index in [1.807, 2.05) is 37.3 Å². The molecule has 0 aromatic heterocycles. The predicted molar refractivity (Wildman–Crippen MR) is 92.4 cm³/mol. The van der Waals surface area contributed by atoms with Gasteiger partial charge in [0.25, 0.3) is 5.91 Å². The summed E-state index contributed by atoms with van der Waals surface area (Å²) < 4.78 is 5.78. The Morgan fingerprint density at radius 3 is 2.67 bits per heavy atom. The molecule has 0 bridgehead atoms. The third kappa shape index (κ3) is 3.40. The molecular formula is C19H20N2O3. The first-order chi connectivity index (χ1) is 11.7. The lowest BCUT2D eigenvalue weighted by Gasteiger charge is -2.22. The van der Waals surface area contributed by atoms with E-state index in [0.717, 1.165) is 11.3 Å². The molecule has 0 radical (unpaired) electrons. The van der Waals surface area contributed by atoms with Crippen LogP contribution in [0.2, 0.25) is 0 Å². The average Bonchev–Trinajstić information content (AvgIpc) is 2.72. The molecule has 0 fully saturated rings. The Kier molecular flexibility index (Phi) is 4.79. The fourth-order valence-electron chi connectivity index (χ4n) is 2.75. The number of aryl methyl sites for hydroxylation is 1. The molecule has 5 heteroatoms. The summed E-state index contributed by atoms with van der Waals surface area (Å²) in [5, 5.41) is 2.64. The molecule has 1 N–H and O–H groups in total. The highest BCUT2D eigenvalue weighted by Crippen LogP contribution is 2.23. The van der Waals surface area contributed by atoms with Crippen LogP contribution >= 0.6 is 0 Å². The number of hydrogen-bond acceptors (Lipinski definition) is 3. The lowest BCUT2D eigenvalue weighted by Crippen LogP contribution is -2.37.